The lowest BCUT2D eigenvalue weighted by Gasteiger charge is -2.29. The highest BCUT2D eigenvalue weighted by Gasteiger charge is 2.46. The highest BCUT2D eigenvalue weighted by molar-refractivity contribution is 7.99. The van der Waals surface area contributed by atoms with Gasteiger partial charge in [-0.3, -0.25) is 4.79 Å². The van der Waals surface area contributed by atoms with E-state index in [0.717, 1.165) is 31.4 Å². The summed E-state index contributed by atoms with van der Waals surface area (Å²) in [5, 5.41) is 0.663. The number of carbonyl (C=O) groups excluding carboxylic acids is 1. The fourth-order valence-corrected chi connectivity index (χ4v) is 3.80. The Morgan fingerprint density at radius 2 is 2.16 bits per heavy atom. The fraction of sp³-hybridized carbons (Fsp3) is 0.933. The molecule has 3 unspecified atom stereocenters. The van der Waals surface area contributed by atoms with Crippen molar-refractivity contribution in [1.29, 1.82) is 0 Å². The average molecular weight is 287 g/mol. The third kappa shape index (κ3) is 4.38. The summed E-state index contributed by atoms with van der Waals surface area (Å²) in [7, 11) is 0. The summed E-state index contributed by atoms with van der Waals surface area (Å²) in [6, 6.07) is 0. The van der Waals surface area contributed by atoms with Crippen LogP contribution in [0.5, 0.6) is 0 Å². The van der Waals surface area contributed by atoms with Crippen LogP contribution in [0.1, 0.15) is 53.4 Å². The monoisotopic (exact) mass is 287 g/mol. The summed E-state index contributed by atoms with van der Waals surface area (Å²) < 4.78 is 5.15. The second-order valence-electron chi connectivity index (χ2n) is 5.96. The van der Waals surface area contributed by atoms with Gasteiger partial charge in [0.25, 0.3) is 0 Å². The molecule has 0 aromatic rings. The first-order valence-electron chi connectivity index (χ1n) is 7.49. The summed E-state index contributed by atoms with van der Waals surface area (Å²) in [5.74, 6) is 1.88. The molecule has 1 fully saturated rings. The molecule has 0 spiro atoms. The quantitative estimate of drug-likeness (QED) is 0.731. The molecule has 2 N–H and O–H groups in total. The molecular formula is C15H29NO2S. The molecule has 0 aromatic carbocycles. The van der Waals surface area contributed by atoms with Gasteiger partial charge in [0.1, 0.15) is 5.54 Å². The maximum absolute atomic E-state index is 12.0. The summed E-state index contributed by atoms with van der Waals surface area (Å²) in [6.45, 7) is 9.03. The molecule has 0 aliphatic heterocycles. The zero-order valence-electron chi connectivity index (χ0n) is 12.8. The van der Waals surface area contributed by atoms with Crippen molar-refractivity contribution in [1.82, 2.24) is 0 Å². The average Bonchev–Trinajstić information content (AvgIpc) is 2.72. The largest absolute Gasteiger partial charge is 0.465 e. The van der Waals surface area contributed by atoms with Gasteiger partial charge in [-0.25, -0.2) is 0 Å². The number of hydrogen-bond donors (Lipinski definition) is 1. The highest BCUT2D eigenvalue weighted by atomic mass is 32.2. The third-order valence-corrected chi connectivity index (χ3v) is 5.85. The molecular weight excluding hydrogens is 258 g/mol. The van der Waals surface area contributed by atoms with Crippen molar-refractivity contribution < 1.29 is 9.53 Å². The Hall–Kier alpha value is -0.220. The molecule has 0 saturated heterocycles. The lowest BCUT2D eigenvalue weighted by Crippen LogP contribution is -2.52. The zero-order valence-corrected chi connectivity index (χ0v) is 13.6. The topological polar surface area (TPSA) is 52.3 Å². The normalized spacial score (nSPS) is 28.6. The molecule has 0 heterocycles. The van der Waals surface area contributed by atoms with Crippen molar-refractivity contribution in [3.05, 3.63) is 0 Å². The predicted molar refractivity (Wildman–Crippen MR) is 82.3 cm³/mol. The molecule has 112 valence electrons. The number of thioether (sulfide) groups is 1. The second-order valence-corrected chi connectivity index (χ2v) is 7.44. The van der Waals surface area contributed by atoms with Gasteiger partial charge in [0.2, 0.25) is 0 Å². The van der Waals surface area contributed by atoms with Gasteiger partial charge in [-0.05, 0) is 43.8 Å². The van der Waals surface area contributed by atoms with Gasteiger partial charge in [-0.2, -0.15) is 11.8 Å². The summed E-state index contributed by atoms with van der Waals surface area (Å²) in [4.78, 5) is 12.0. The van der Waals surface area contributed by atoms with Gasteiger partial charge in [0.05, 0.1) is 6.61 Å². The Labute approximate surface area is 122 Å². The van der Waals surface area contributed by atoms with Crippen molar-refractivity contribution in [3.8, 4) is 0 Å². The van der Waals surface area contributed by atoms with Crippen LogP contribution >= 0.6 is 11.8 Å². The van der Waals surface area contributed by atoms with Crippen molar-refractivity contribution >= 4 is 17.7 Å². The summed E-state index contributed by atoms with van der Waals surface area (Å²) >= 11 is 1.99. The smallest absolute Gasteiger partial charge is 0.326 e. The Balaban J connectivity index is 2.46. The summed E-state index contributed by atoms with van der Waals surface area (Å²) in [6.07, 6.45) is 3.91. The Morgan fingerprint density at radius 3 is 2.74 bits per heavy atom. The number of hydrogen-bond acceptors (Lipinski definition) is 4. The van der Waals surface area contributed by atoms with E-state index < -0.39 is 5.54 Å². The number of carbonyl (C=O) groups is 1. The first-order chi connectivity index (χ1) is 8.91. The fourth-order valence-electron chi connectivity index (χ4n) is 2.63. The van der Waals surface area contributed by atoms with Crippen molar-refractivity contribution in [2.45, 2.75) is 64.2 Å². The van der Waals surface area contributed by atoms with Crippen molar-refractivity contribution in [3.63, 3.8) is 0 Å². The summed E-state index contributed by atoms with van der Waals surface area (Å²) in [5.41, 5.74) is 5.60. The number of esters is 1. The van der Waals surface area contributed by atoms with E-state index in [9.17, 15) is 4.79 Å². The first-order valence-corrected chi connectivity index (χ1v) is 8.54. The molecule has 3 atom stereocenters. The number of rotatable bonds is 7. The SMILES string of the molecule is CCOC(=O)C1(N)CCCC1CCSC(C)C(C)C. The molecule has 0 bridgehead atoms. The minimum absolute atomic E-state index is 0.195. The molecule has 4 heteroatoms. The van der Waals surface area contributed by atoms with E-state index in [-0.39, 0.29) is 5.97 Å². The number of ether oxygens (including phenoxy) is 1. The van der Waals surface area contributed by atoms with Gasteiger partial charge >= 0.3 is 5.97 Å². The molecule has 1 aliphatic carbocycles. The lowest BCUT2D eigenvalue weighted by atomic mass is 9.86. The predicted octanol–water partition coefficient (Wildman–Crippen LogP) is 3.21. The van der Waals surface area contributed by atoms with E-state index in [1.165, 1.54) is 0 Å². The van der Waals surface area contributed by atoms with E-state index in [1.54, 1.807) is 0 Å². The molecule has 1 rings (SSSR count). The Bertz CT molecular complexity index is 296. The van der Waals surface area contributed by atoms with E-state index in [4.69, 9.17) is 10.5 Å². The van der Waals surface area contributed by atoms with E-state index in [0.29, 0.717) is 23.7 Å². The Kier molecular flexibility index (Phi) is 6.67. The minimum Gasteiger partial charge on any atom is -0.465 e. The lowest BCUT2D eigenvalue weighted by molar-refractivity contribution is -0.151. The van der Waals surface area contributed by atoms with Crippen LogP contribution in [0.3, 0.4) is 0 Å². The molecule has 0 radical (unpaired) electrons. The Morgan fingerprint density at radius 1 is 1.47 bits per heavy atom. The van der Waals surface area contributed by atoms with Gasteiger partial charge in [-0.1, -0.05) is 27.2 Å². The maximum Gasteiger partial charge on any atom is 0.326 e. The highest BCUT2D eigenvalue weighted by Crippen LogP contribution is 2.38. The molecule has 1 aliphatic rings. The van der Waals surface area contributed by atoms with Crippen LogP contribution in [0, 0.1) is 11.8 Å². The molecule has 3 nitrogen and oxygen atoms in total. The molecule has 1 saturated carbocycles. The molecule has 0 aromatic heterocycles. The van der Waals surface area contributed by atoms with Gasteiger partial charge < -0.3 is 10.5 Å². The van der Waals surface area contributed by atoms with Gasteiger partial charge in [0.15, 0.2) is 0 Å². The van der Waals surface area contributed by atoms with E-state index in [2.05, 4.69) is 20.8 Å². The minimum atomic E-state index is -0.725. The molecule has 19 heavy (non-hydrogen) atoms. The van der Waals surface area contributed by atoms with Gasteiger partial charge in [-0.15, -0.1) is 0 Å². The number of nitrogens with two attached hydrogens (primary N) is 1. The van der Waals surface area contributed by atoms with E-state index >= 15 is 0 Å². The maximum atomic E-state index is 12.0. The molecule has 0 amide bonds. The van der Waals surface area contributed by atoms with Crippen LogP contribution in [0.2, 0.25) is 0 Å². The van der Waals surface area contributed by atoms with E-state index in [1.807, 2.05) is 18.7 Å². The van der Waals surface area contributed by atoms with Crippen LogP contribution in [-0.4, -0.2) is 29.1 Å². The van der Waals surface area contributed by atoms with Crippen molar-refractivity contribution in [2.75, 3.05) is 12.4 Å². The van der Waals surface area contributed by atoms with Crippen LogP contribution in [0.25, 0.3) is 0 Å². The second kappa shape index (κ2) is 7.53. The van der Waals surface area contributed by atoms with Crippen LogP contribution < -0.4 is 5.73 Å². The third-order valence-electron chi connectivity index (χ3n) is 4.31. The van der Waals surface area contributed by atoms with Crippen molar-refractivity contribution in [2.24, 2.45) is 17.6 Å². The standard InChI is InChI=1S/C15H29NO2S/c1-5-18-14(17)15(16)9-6-7-13(15)8-10-19-12(4)11(2)3/h11-13H,5-10,16H2,1-4H3. The van der Waals surface area contributed by atoms with Crippen LogP contribution in [0.4, 0.5) is 0 Å². The van der Waals surface area contributed by atoms with Gasteiger partial charge in [0, 0.05) is 5.25 Å². The first kappa shape index (κ1) is 16.8. The van der Waals surface area contributed by atoms with Crippen LogP contribution in [-0.2, 0) is 9.53 Å². The van der Waals surface area contributed by atoms with Crippen LogP contribution in [0.15, 0.2) is 0 Å². The zero-order chi connectivity index (χ0) is 14.5.